The fraction of sp³-hybridized carbons (Fsp3) is 0.400. The van der Waals surface area contributed by atoms with Gasteiger partial charge in [-0.1, -0.05) is 23.7 Å². The van der Waals surface area contributed by atoms with Crippen LogP contribution >= 0.6 is 11.6 Å². The van der Waals surface area contributed by atoms with Gasteiger partial charge in [0.1, 0.15) is 0 Å². The summed E-state index contributed by atoms with van der Waals surface area (Å²) in [5.41, 5.74) is 6.94. The van der Waals surface area contributed by atoms with Crippen molar-refractivity contribution < 1.29 is 5.11 Å². The van der Waals surface area contributed by atoms with Crippen LogP contribution in [0.25, 0.3) is 0 Å². The summed E-state index contributed by atoms with van der Waals surface area (Å²) >= 11 is 5.74. The Morgan fingerprint density at radius 3 is 2.46 bits per heavy atom. The van der Waals surface area contributed by atoms with Crippen LogP contribution in [0.3, 0.4) is 0 Å². The summed E-state index contributed by atoms with van der Waals surface area (Å²) in [6.07, 6.45) is 1.54. The predicted octanol–water partition coefficient (Wildman–Crippen LogP) is 2.11. The first-order valence-electron chi connectivity index (χ1n) is 4.36. The van der Waals surface area contributed by atoms with Gasteiger partial charge in [0.25, 0.3) is 0 Å². The van der Waals surface area contributed by atoms with Crippen LogP contribution in [0.5, 0.6) is 0 Å². The zero-order valence-electron chi connectivity index (χ0n) is 7.41. The van der Waals surface area contributed by atoms with E-state index in [2.05, 4.69) is 0 Å². The van der Waals surface area contributed by atoms with Crippen molar-refractivity contribution in [1.29, 1.82) is 0 Å². The second-order valence-electron chi connectivity index (χ2n) is 3.02. The molecule has 0 aliphatic heterocycles. The minimum absolute atomic E-state index is 0.00409. The number of rotatable bonds is 4. The van der Waals surface area contributed by atoms with Crippen molar-refractivity contribution in [1.82, 2.24) is 0 Å². The van der Waals surface area contributed by atoms with E-state index >= 15 is 0 Å². The third-order valence-electron chi connectivity index (χ3n) is 1.97. The second kappa shape index (κ2) is 5.22. The van der Waals surface area contributed by atoms with E-state index in [4.69, 9.17) is 22.4 Å². The predicted molar refractivity (Wildman–Crippen MR) is 54.7 cm³/mol. The molecule has 0 saturated heterocycles. The van der Waals surface area contributed by atoms with Crippen molar-refractivity contribution in [2.45, 2.75) is 18.9 Å². The van der Waals surface area contributed by atoms with Gasteiger partial charge < -0.3 is 10.8 Å². The fourth-order valence-corrected chi connectivity index (χ4v) is 1.31. The summed E-state index contributed by atoms with van der Waals surface area (Å²) in [6.45, 7) is 0.196. The molecule has 72 valence electrons. The molecule has 0 aliphatic carbocycles. The maximum absolute atomic E-state index is 8.63. The SMILES string of the molecule is N[C@@H](CCCO)c1ccc(Cl)cc1. The number of hydrogen-bond acceptors (Lipinski definition) is 2. The molecule has 3 N–H and O–H groups in total. The van der Waals surface area contributed by atoms with Crippen LogP contribution < -0.4 is 5.73 Å². The Bertz CT molecular complexity index is 248. The molecule has 0 radical (unpaired) electrons. The molecular weight excluding hydrogens is 186 g/mol. The molecule has 0 unspecified atom stereocenters. The van der Waals surface area contributed by atoms with Crippen molar-refractivity contribution in [3.8, 4) is 0 Å². The average Bonchev–Trinajstić information content (AvgIpc) is 2.15. The van der Waals surface area contributed by atoms with Gasteiger partial charge in [-0.25, -0.2) is 0 Å². The Labute approximate surface area is 83.3 Å². The molecular formula is C10H14ClNO. The minimum atomic E-state index is 0.00409. The first-order chi connectivity index (χ1) is 6.24. The molecule has 2 nitrogen and oxygen atoms in total. The van der Waals surface area contributed by atoms with E-state index in [1.807, 2.05) is 24.3 Å². The molecule has 0 amide bonds. The van der Waals surface area contributed by atoms with Gasteiger partial charge in [-0.2, -0.15) is 0 Å². The van der Waals surface area contributed by atoms with Gasteiger partial charge in [0.2, 0.25) is 0 Å². The van der Waals surface area contributed by atoms with E-state index in [0.717, 1.165) is 23.4 Å². The smallest absolute Gasteiger partial charge is 0.0431 e. The maximum atomic E-state index is 8.63. The fourth-order valence-electron chi connectivity index (χ4n) is 1.19. The molecule has 0 saturated carbocycles. The zero-order valence-corrected chi connectivity index (χ0v) is 8.17. The van der Waals surface area contributed by atoms with Gasteiger partial charge in [0, 0.05) is 17.7 Å². The molecule has 0 spiro atoms. The first kappa shape index (κ1) is 10.5. The number of hydrogen-bond donors (Lipinski definition) is 2. The van der Waals surface area contributed by atoms with Gasteiger partial charge in [0.05, 0.1) is 0 Å². The Kier molecular flexibility index (Phi) is 4.22. The van der Waals surface area contributed by atoms with Crippen molar-refractivity contribution >= 4 is 11.6 Å². The number of halogens is 1. The zero-order chi connectivity index (χ0) is 9.68. The van der Waals surface area contributed by atoms with Crippen LogP contribution in [0.15, 0.2) is 24.3 Å². The summed E-state index contributed by atoms with van der Waals surface area (Å²) < 4.78 is 0. The Balaban J connectivity index is 2.55. The number of aliphatic hydroxyl groups excluding tert-OH is 1. The molecule has 1 aromatic rings. The van der Waals surface area contributed by atoms with Crippen LogP contribution in [0.4, 0.5) is 0 Å². The first-order valence-corrected chi connectivity index (χ1v) is 4.73. The summed E-state index contributed by atoms with van der Waals surface area (Å²) in [5.74, 6) is 0. The lowest BCUT2D eigenvalue weighted by Gasteiger charge is -2.10. The molecule has 1 rings (SSSR count). The van der Waals surface area contributed by atoms with E-state index in [0.29, 0.717) is 0 Å². The summed E-state index contributed by atoms with van der Waals surface area (Å²) in [5, 5.41) is 9.35. The standard InChI is InChI=1S/C10H14ClNO/c11-9-5-3-8(4-6-9)10(12)2-1-7-13/h3-6,10,13H,1-2,7,12H2/t10-/m0/s1. The van der Waals surface area contributed by atoms with Gasteiger partial charge in [-0.15, -0.1) is 0 Å². The van der Waals surface area contributed by atoms with Gasteiger partial charge >= 0.3 is 0 Å². The summed E-state index contributed by atoms with van der Waals surface area (Å²) in [7, 11) is 0. The van der Waals surface area contributed by atoms with Gasteiger partial charge in [0.15, 0.2) is 0 Å². The average molecular weight is 200 g/mol. The molecule has 0 fully saturated rings. The number of nitrogens with two attached hydrogens (primary N) is 1. The van der Waals surface area contributed by atoms with Gasteiger partial charge in [-0.3, -0.25) is 0 Å². The highest BCUT2D eigenvalue weighted by Gasteiger charge is 2.04. The van der Waals surface area contributed by atoms with Crippen molar-refractivity contribution in [3.05, 3.63) is 34.9 Å². The minimum Gasteiger partial charge on any atom is -0.396 e. The van der Waals surface area contributed by atoms with Gasteiger partial charge in [-0.05, 0) is 30.5 Å². The number of aliphatic hydroxyl groups is 1. The Hall–Kier alpha value is -0.570. The molecule has 0 bridgehead atoms. The molecule has 3 heteroatoms. The third kappa shape index (κ3) is 3.35. The second-order valence-corrected chi connectivity index (χ2v) is 3.46. The monoisotopic (exact) mass is 199 g/mol. The third-order valence-corrected chi connectivity index (χ3v) is 2.22. The molecule has 1 aromatic carbocycles. The van der Waals surface area contributed by atoms with Crippen molar-refractivity contribution in [2.24, 2.45) is 5.73 Å². The lowest BCUT2D eigenvalue weighted by Crippen LogP contribution is -2.10. The lowest BCUT2D eigenvalue weighted by atomic mass is 10.0. The number of benzene rings is 1. The van der Waals surface area contributed by atoms with Crippen molar-refractivity contribution in [2.75, 3.05) is 6.61 Å². The molecule has 0 aromatic heterocycles. The largest absolute Gasteiger partial charge is 0.396 e. The summed E-state index contributed by atoms with van der Waals surface area (Å²) in [6, 6.07) is 7.50. The highest BCUT2D eigenvalue weighted by atomic mass is 35.5. The maximum Gasteiger partial charge on any atom is 0.0431 e. The Morgan fingerprint density at radius 2 is 1.92 bits per heavy atom. The lowest BCUT2D eigenvalue weighted by molar-refractivity contribution is 0.280. The highest BCUT2D eigenvalue weighted by molar-refractivity contribution is 6.30. The summed E-state index contributed by atoms with van der Waals surface area (Å²) in [4.78, 5) is 0. The molecule has 13 heavy (non-hydrogen) atoms. The van der Waals surface area contributed by atoms with Crippen molar-refractivity contribution in [3.63, 3.8) is 0 Å². The van der Waals surface area contributed by atoms with Crippen LogP contribution in [0, 0.1) is 0 Å². The highest BCUT2D eigenvalue weighted by Crippen LogP contribution is 2.17. The molecule has 0 aliphatic rings. The van der Waals surface area contributed by atoms with Crippen LogP contribution in [0.2, 0.25) is 5.02 Å². The Morgan fingerprint density at radius 1 is 1.31 bits per heavy atom. The van der Waals surface area contributed by atoms with Crippen LogP contribution in [-0.2, 0) is 0 Å². The van der Waals surface area contributed by atoms with E-state index in [1.54, 1.807) is 0 Å². The van der Waals surface area contributed by atoms with E-state index in [-0.39, 0.29) is 12.6 Å². The van der Waals surface area contributed by atoms with E-state index in [1.165, 1.54) is 0 Å². The quantitative estimate of drug-likeness (QED) is 0.781. The van der Waals surface area contributed by atoms with E-state index in [9.17, 15) is 0 Å². The topological polar surface area (TPSA) is 46.2 Å². The normalized spacial score (nSPS) is 12.8. The molecule has 1 atom stereocenters. The molecule has 0 heterocycles. The van der Waals surface area contributed by atoms with Crippen LogP contribution in [0.1, 0.15) is 24.4 Å². The van der Waals surface area contributed by atoms with Crippen LogP contribution in [-0.4, -0.2) is 11.7 Å². The van der Waals surface area contributed by atoms with E-state index < -0.39 is 0 Å².